The van der Waals surface area contributed by atoms with E-state index < -0.39 is 10.0 Å². The predicted octanol–water partition coefficient (Wildman–Crippen LogP) is 2.76. The van der Waals surface area contributed by atoms with E-state index in [1.54, 1.807) is 13.0 Å². The second-order valence-electron chi connectivity index (χ2n) is 5.42. The molecule has 1 aromatic carbocycles. The summed E-state index contributed by atoms with van der Waals surface area (Å²) in [5.41, 5.74) is 1.65. The molecule has 1 fully saturated rings. The van der Waals surface area contributed by atoms with Crippen molar-refractivity contribution >= 4 is 10.0 Å². The van der Waals surface area contributed by atoms with Gasteiger partial charge in [-0.05, 0) is 43.9 Å². The van der Waals surface area contributed by atoms with Crippen LogP contribution in [-0.4, -0.2) is 25.3 Å². The van der Waals surface area contributed by atoms with Crippen molar-refractivity contribution in [1.82, 2.24) is 4.31 Å². The topological polar surface area (TPSA) is 61.2 Å². The number of benzene rings is 1. The Labute approximate surface area is 121 Å². The zero-order valence-electron chi connectivity index (χ0n) is 12.0. The Bertz CT molecular complexity index is 626. The summed E-state index contributed by atoms with van der Waals surface area (Å²) in [5.74, 6) is 0. The first-order valence-electron chi connectivity index (χ1n) is 6.93. The Morgan fingerprint density at radius 3 is 2.55 bits per heavy atom. The number of hydrogen-bond acceptors (Lipinski definition) is 3. The standard InChI is InChI=1S/C15H20N2O2S/c1-12-7-8-13(2)15(11-12)20(18,19)17(10-9-16)14-5-3-4-6-14/h7-8,11,14H,3-6,10H2,1-2H3. The molecular formula is C15H20N2O2S. The van der Waals surface area contributed by atoms with Gasteiger partial charge in [0.15, 0.2) is 0 Å². The molecule has 0 aromatic heterocycles. The molecule has 0 radical (unpaired) electrons. The number of aryl methyl sites for hydroxylation is 2. The Kier molecular flexibility index (Phi) is 4.46. The van der Waals surface area contributed by atoms with Crippen molar-refractivity contribution in [2.45, 2.75) is 50.5 Å². The molecule has 0 heterocycles. The van der Waals surface area contributed by atoms with Gasteiger partial charge >= 0.3 is 0 Å². The molecule has 1 saturated carbocycles. The first-order chi connectivity index (χ1) is 9.46. The average Bonchev–Trinajstić information content (AvgIpc) is 2.92. The fourth-order valence-corrected chi connectivity index (χ4v) is 4.68. The van der Waals surface area contributed by atoms with Crippen LogP contribution in [0.1, 0.15) is 36.8 Å². The van der Waals surface area contributed by atoms with E-state index in [9.17, 15) is 8.42 Å². The highest BCUT2D eigenvalue weighted by Gasteiger charge is 2.33. The van der Waals surface area contributed by atoms with Gasteiger partial charge in [-0.3, -0.25) is 0 Å². The maximum atomic E-state index is 12.9. The lowest BCUT2D eigenvalue weighted by molar-refractivity contribution is 0.350. The van der Waals surface area contributed by atoms with Crippen LogP contribution in [0.4, 0.5) is 0 Å². The second-order valence-corrected chi connectivity index (χ2v) is 7.27. The van der Waals surface area contributed by atoms with Crippen LogP contribution in [0, 0.1) is 25.2 Å². The van der Waals surface area contributed by atoms with Crippen molar-refractivity contribution in [3.05, 3.63) is 29.3 Å². The summed E-state index contributed by atoms with van der Waals surface area (Å²) in [6.07, 6.45) is 3.78. The lowest BCUT2D eigenvalue weighted by Crippen LogP contribution is -2.39. The van der Waals surface area contributed by atoms with Crippen LogP contribution in [0.3, 0.4) is 0 Å². The molecule has 2 rings (SSSR count). The number of rotatable bonds is 4. The lowest BCUT2D eigenvalue weighted by Gasteiger charge is -2.26. The van der Waals surface area contributed by atoms with E-state index in [1.807, 2.05) is 25.1 Å². The van der Waals surface area contributed by atoms with Gasteiger partial charge in [0, 0.05) is 6.04 Å². The molecular weight excluding hydrogens is 272 g/mol. The molecule has 0 aliphatic heterocycles. The second kappa shape index (κ2) is 5.94. The molecule has 0 amide bonds. The van der Waals surface area contributed by atoms with Crippen molar-refractivity contribution < 1.29 is 8.42 Å². The molecule has 4 nitrogen and oxygen atoms in total. The molecule has 0 N–H and O–H groups in total. The van der Waals surface area contributed by atoms with Crippen LogP contribution in [0.25, 0.3) is 0 Å². The molecule has 0 atom stereocenters. The predicted molar refractivity (Wildman–Crippen MR) is 77.7 cm³/mol. The summed E-state index contributed by atoms with van der Waals surface area (Å²) in [5, 5.41) is 8.98. The molecule has 20 heavy (non-hydrogen) atoms. The maximum absolute atomic E-state index is 12.9. The van der Waals surface area contributed by atoms with Crippen LogP contribution in [-0.2, 0) is 10.0 Å². The van der Waals surface area contributed by atoms with Gasteiger partial charge in [-0.15, -0.1) is 0 Å². The van der Waals surface area contributed by atoms with Gasteiger partial charge in [0.1, 0.15) is 6.54 Å². The molecule has 0 saturated heterocycles. The van der Waals surface area contributed by atoms with Gasteiger partial charge in [0.05, 0.1) is 11.0 Å². The highest BCUT2D eigenvalue weighted by atomic mass is 32.2. The monoisotopic (exact) mass is 292 g/mol. The molecule has 1 aromatic rings. The van der Waals surface area contributed by atoms with Crippen LogP contribution in [0.5, 0.6) is 0 Å². The Morgan fingerprint density at radius 2 is 1.95 bits per heavy atom. The molecule has 1 aliphatic rings. The molecule has 0 spiro atoms. The summed E-state index contributed by atoms with van der Waals surface area (Å²) >= 11 is 0. The zero-order chi connectivity index (χ0) is 14.8. The first kappa shape index (κ1) is 15.0. The largest absolute Gasteiger partial charge is 0.244 e. The van der Waals surface area contributed by atoms with Crippen molar-refractivity contribution in [1.29, 1.82) is 5.26 Å². The number of nitriles is 1. The molecule has 0 unspecified atom stereocenters. The van der Waals surface area contributed by atoms with E-state index in [0.29, 0.717) is 4.90 Å². The van der Waals surface area contributed by atoms with E-state index in [2.05, 4.69) is 0 Å². The lowest BCUT2D eigenvalue weighted by atomic mass is 10.2. The average molecular weight is 292 g/mol. The quantitative estimate of drug-likeness (QED) is 0.802. The van der Waals surface area contributed by atoms with E-state index in [4.69, 9.17) is 5.26 Å². The Balaban J connectivity index is 2.45. The minimum absolute atomic E-state index is 0.0282. The third kappa shape index (κ3) is 2.87. The zero-order valence-corrected chi connectivity index (χ0v) is 12.8. The van der Waals surface area contributed by atoms with Gasteiger partial charge in [-0.1, -0.05) is 25.0 Å². The summed E-state index contributed by atoms with van der Waals surface area (Å²) in [6, 6.07) is 7.39. The van der Waals surface area contributed by atoms with E-state index in [1.165, 1.54) is 4.31 Å². The fourth-order valence-electron chi connectivity index (χ4n) is 2.78. The minimum Gasteiger partial charge on any atom is -0.207 e. The van der Waals surface area contributed by atoms with Gasteiger partial charge in [0.2, 0.25) is 10.0 Å². The highest BCUT2D eigenvalue weighted by molar-refractivity contribution is 7.89. The summed E-state index contributed by atoms with van der Waals surface area (Å²) in [7, 11) is -3.59. The van der Waals surface area contributed by atoms with Crippen LogP contribution in [0.2, 0.25) is 0 Å². The third-order valence-corrected chi connectivity index (χ3v) is 5.93. The van der Waals surface area contributed by atoms with Crippen molar-refractivity contribution in [3.63, 3.8) is 0 Å². The van der Waals surface area contributed by atoms with Crippen molar-refractivity contribution in [2.24, 2.45) is 0 Å². The van der Waals surface area contributed by atoms with Crippen LogP contribution < -0.4 is 0 Å². The van der Waals surface area contributed by atoms with Crippen LogP contribution >= 0.6 is 0 Å². The normalized spacial score (nSPS) is 16.5. The maximum Gasteiger partial charge on any atom is 0.244 e. The van der Waals surface area contributed by atoms with Gasteiger partial charge < -0.3 is 0 Å². The van der Waals surface area contributed by atoms with Crippen LogP contribution in [0.15, 0.2) is 23.1 Å². The molecule has 0 bridgehead atoms. The van der Waals surface area contributed by atoms with Gasteiger partial charge in [-0.2, -0.15) is 9.57 Å². The highest BCUT2D eigenvalue weighted by Crippen LogP contribution is 2.29. The number of nitrogens with zero attached hydrogens (tertiary/aromatic N) is 2. The van der Waals surface area contributed by atoms with Crippen molar-refractivity contribution in [3.8, 4) is 6.07 Å². The van der Waals surface area contributed by atoms with E-state index in [-0.39, 0.29) is 12.6 Å². The smallest absolute Gasteiger partial charge is 0.207 e. The number of hydrogen-bond donors (Lipinski definition) is 0. The SMILES string of the molecule is Cc1ccc(C)c(S(=O)(=O)N(CC#N)C2CCCC2)c1. The van der Waals surface area contributed by atoms with E-state index in [0.717, 1.165) is 36.8 Å². The number of sulfonamides is 1. The summed E-state index contributed by atoms with van der Waals surface area (Å²) in [6.45, 7) is 3.61. The minimum atomic E-state index is -3.59. The van der Waals surface area contributed by atoms with Gasteiger partial charge in [0.25, 0.3) is 0 Å². The van der Waals surface area contributed by atoms with Gasteiger partial charge in [-0.25, -0.2) is 8.42 Å². The Morgan fingerprint density at radius 1 is 1.30 bits per heavy atom. The summed E-state index contributed by atoms with van der Waals surface area (Å²) < 4.78 is 27.1. The first-order valence-corrected chi connectivity index (χ1v) is 8.37. The molecule has 1 aliphatic carbocycles. The Hall–Kier alpha value is -1.38. The van der Waals surface area contributed by atoms with Crippen molar-refractivity contribution in [2.75, 3.05) is 6.54 Å². The molecule has 108 valence electrons. The summed E-state index contributed by atoms with van der Waals surface area (Å²) in [4.78, 5) is 0.333. The molecule has 5 heteroatoms. The third-order valence-electron chi connectivity index (χ3n) is 3.89. The van der Waals surface area contributed by atoms with E-state index >= 15 is 0 Å². The fraction of sp³-hybridized carbons (Fsp3) is 0.533.